The number of likely N-dealkylation sites (tertiary alicyclic amines) is 1. The number of hydrogen-bond donors (Lipinski definition) is 2. The highest BCUT2D eigenvalue weighted by molar-refractivity contribution is 6.18. The number of carbonyl (C=O) groups excluding carboxylic acids is 1. The average Bonchev–Trinajstić information content (AvgIpc) is 3.60. The molecule has 3 unspecified atom stereocenters. The van der Waals surface area contributed by atoms with Crippen molar-refractivity contribution >= 4 is 44.3 Å². The number of ether oxygens (including phenoxy) is 1. The van der Waals surface area contributed by atoms with Crippen LogP contribution in [-0.2, 0) is 11.8 Å². The Morgan fingerprint density at radius 3 is 2.68 bits per heavy atom. The van der Waals surface area contributed by atoms with Gasteiger partial charge in [0.25, 0.3) is 0 Å². The molecule has 10 rings (SSSR count). The molecule has 0 aliphatic carbocycles. The van der Waals surface area contributed by atoms with Gasteiger partial charge in [0.05, 0.1) is 22.5 Å². The summed E-state index contributed by atoms with van der Waals surface area (Å²) in [5.41, 5.74) is -0.171. The van der Waals surface area contributed by atoms with Crippen molar-refractivity contribution < 1.29 is 27.8 Å². The Bertz CT molecular complexity index is 2410. The minimum atomic E-state index is -0.957. The smallest absolute Gasteiger partial charge is 0.319 e. The van der Waals surface area contributed by atoms with Crippen molar-refractivity contribution in [1.29, 1.82) is 0 Å². The zero-order chi connectivity index (χ0) is 36.3. The minimum Gasteiger partial charge on any atom is -0.508 e. The molecule has 0 radical (unpaired) electrons. The molecule has 2 bridgehead atoms. The number of benzene rings is 3. The fourth-order valence-corrected chi connectivity index (χ4v) is 9.70. The topological polar surface area (TPSA) is 122 Å². The van der Waals surface area contributed by atoms with Crippen LogP contribution in [0.4, 0.5) is 19.0 Å². The molecule has 2 N–H and O–H groups in total. The lowest BCUT2D eigenvalue weighted by atomic mass is 9.91. The Kier molecular flexibility index (Phi) is 7.17. The van der Waals surface area contributed by atoms with Crippen LogP contribution < -0.4 is 15.0 Å². The predicted molar refractivity (Wildman–Crippen MR) is 192 cm³/mol. The summed E-state index contributed by atoms with van der Waals surface area (Å²) in [6, 6.07) is 5.18. The number of nitrogens with one attached hydrogen (secondary N) is 1. The number of alkyl halides is 1. The van der Waals surface area contributed by atoms with Gasteiger partial charge >= 0.3 is 6.01 Å². The summed E-state index contributed by atoms with van der Waals surface area (Å²) in [7, 11) is 1.73. The molecule has 14 heteroatoms. The highest BCUT2D eigenvalue weighted by atomic mass is 19.1. The molecule has 5 atom stereocenters. The first-order chi connectivity index (χ1) is 25.6. The van der Waals surface area contributed by atoms with Gasteiger partial charge in [-0.15, -0.1) is 6.42 Å². The van der Waals surface area contributed by atoms with Crippen molar-refractivity contribution in [3.8, 4) is 35.2 Å². The number of anilines is 1. The van der Waals surface area contributed by atoms with Crippen LogP contribution in [0.25, 0.3) is 43.7 Å². The molecular formula is C39H37F3N8O3. The number of aromatic nitrogens is 4. The molecule has 3 aromatic carbocycles. The third-order valence-corrected chi connectivity index (χ3v) is 12.1. The third kappa shape index (κ3) is 4.96. The Morgan fingerprint density at radius 2 is 1.92 bits per heavy atom. The SMILES string of the molecule is C#Cc1c(F)ccc2cc(O)cc(-c3c(F)c4nc(OC[C@@]56CCCN5C[C@H](F)C6)nc(N5C6CCC5CN(C(=O)C5CN5)C6)c4c4cn(C)nc34)c12. The lowest BCUT2D eigenvalue weighted by Crippen LogP contribution is -2.56. The van der Waals surface area contributed by atoms with E-state index in [9.17, 15) is 14.3 Å². The van der Waals surface area contributed by atoms with E-state index >= 15 is 8.78 Å². The van der Waals surface area contributed by atoms with Crippen LogP contribution >= 0.6 is 0 Å². The van der Waals surface area contributed by atoms with E-state index in [0.717, 1.165) is 32.2 Å². The van der Waals surface area contributed by atoms with E-state index in [1.165, 1.54) is 24.3 Å². The van der Waals surface area contributed by atoms with Gasteiger partial charge < -0.3 is 25.0 Å². The van der Waals surface area contributed by atoms with Crippen LogP contribution in [0.1, 0.15) is 37.7 Å². The van der Waals surface area contributed by atoms with Gasteiger partial charge in [0.1, 0.15) is 41.2 Å². The maximum atomic E-state index is 17.7. The van der Waals surface area contributed by atoms with Gasteiger partial charge in [-0.3, -0.25) is 14.4 Å². The summed E-state index contributed by atoms with van der Waals surface area (Å²) < 4.78 is 55.6. The van der Waals surface area contributed by atoms with Crippen molar-refractivity contribution in [3.05, 3.63) is 47.7 Å². The number of rotatable bonds is 6. The van der Waals surface area contributed by atoms with Gasteiger partial charge in [0, 0.05) is 74.3 Å². The monoisotopic (exact) mass is 722 g/mol. The molecular weight excluding hydrogens is 685 g/mol. The van der Waals surface area contributed by atoms with E-state index in [1.807, 2.05) is 4.90 Å². The van der Waals surface area contributed by atoms with Crippen LogP contribution in [0, 0.1) is 24.0 Å². The van der Waals surface area contributed by atoms with Crippen molar-refractivity contribution in [2.75, 3.05) is 44.2 Å². The van der Waals surface area contributed by atoms with Crippen LogP contribution in [0.15, 0.2) is 30.5 Å². The normalized spacial score (nSPS) is 26.5. The van der Waals surface area contributed by atoms with Crippen molar-refractivity contribution in [2.24, 2.45) is 7.05 Å². The largest absolute Gasteiger partial charge is 0.508 e. The molecule has 0 saturated carbocycles. The number of phenolic OH excluding ortho intramolecular Hbond substituents is 1. The maximum absolute atomic E-state index is 17.7. The molecule has 2 aromatic heterocycles. The molecule has 5 fully saturated rings. The number of piperazine rings is 1. The van der Waals surface area contributed by atoms with E-state index < -0.39 is 23.3 Å². The summed E-state index contributed by atoms with van der Waals surface area (Å²) in [6.45, 7) is 2.96. The van der Waals surface area contributed by atoms with Crippen molar-refractivity contribution in [1.82, 2.24) is 34.9 Å². The molecule has 272 valence electrons. The first-order valence-electron chi connectivity index (χ1n) is 18.2. The van der Waals surface area contributed by atoms with Gasteiger partial charge in [-0.25, -0.2) is 13.2 Å². The fourth-order valence-electron chi connectivity index (χ4n) is 9.70. The minimum absolute atomic E-state index is 0.00125. The van der Waals surface area contributed by atoms with Gasteiger partial charge in [-0.2, -0.15) is 15.1 Å². The maximum Gasteiger partial charge on any atom is 0.319 e. The zero-order valence-electron chi connectivity index (χ0n) is 29.1. The van der Waals surface area contributed by atoms with E-state index in [-0.39, 0.29) is 75.5 Å². The fraction of sp³-hybridized carbons (Fsp3) is 0.436. The molecule has 53 heavy (non-hydrogen) atoms. The number of fused-ring (bicyclic) bond motifs is 7. The summed E-state index contributed by atoms with van der Waals surface area (Å²) in [6.07, 6.45) is 10.3. The lowest BCUT2D eigenvalue weighted by molar-refractivity contribution is -0.131. The van der Waals surface area contributed by atoms with Gasteiger partial charge in [-0.1, -0.05) is 12.0 Å². The number of hydrogen-bond acceptors (Lipinski definition) is 9. The molecule has 0 spiro atoms. The summed E-state index contributed by atoms with van der Waals surface area (Å²) in [5.74, 6) is 1.42. The van der Waals surface area contributed by atoms with E-state index in [1.54, 1.807) is 17.9 Å². The number of amides is 1. The Hall–Kier alpha value is -5.13. The van der Waals surface area contributed by atoms with E-state index in [0.29, 0.717) is 54.6 Å². The highest BCUT2D eigenvalue weighted by Crippen LogP contribution is 2.47. The highest BCUT2D eigenvalue weighted by Gasteiger charge is 2.50. The van der Waals surface area contributed by atoms with E-state index in [4.69, 9.17) is 26.2 Å². The Balaban J connectivity index is 1.19. The summed E-state index contributed by atoms with van der Waals surface area (Å²) >= 11 is 0. The zero-order valence-corrected chi connectivity index (χ0v) is 29.1. The van der Waals surface area contributed by atoms with Crippen molar-refractivity contribution in [2.45, 2.75) is 61.9 Å². The number of aryl methyl sites for hydroxylation is 1. The van der Waals surface area contributed by atoms with Crippen LogP contribution in [-0.4, -0.2) is 110 Å². The summed E-state index contributed by atoms with van der Waals surface area (Å²) in [5, 5.41) is 20.4. The second kappa shape index (κ2) is 11.7. The first-order valence-corrected chi connectivity index (χ1v) is 18.2. The molecule has 1 amide bonds. The standard InChI is InChI=1S/C39H37F3N8O3/c1-3-25-28(41)8-5-20-11-24(51)12-26(30(20)25)31-33(42)35-32(27-18-47(2)46-34(27)31)36(50-22-6-7-23(50)17-48(16-22)37(52)29-14-43-29)45-38(44-35)53-19-39-9-4-10-49(39)15-21(40)13-39/h1,5,8,11-12,18,21-23,29,43,51H,4,6-7,9-10,13-17,19H2,2H3/t21-,22?,23?,29?,39+/m1/s1. The number of halogens is 3. The van der Waals surface area contributed by atoms with Gasteiger partial charge in [0.15, 0.2) is 5.82 Å². The van der Waals surface area contributed by atoms with Crippen molar-refractivity contribution in [3.63, 3.8) is 0 Å². The summed E-state index contributed by atoms with van der Waals surface area (Å²) in [4.78, 5) is 29.2. The second-order valence-electron chi connectivity index (χ2n) is 15.3. The number of aromatic hydroxyl groups is 1. The first kappa shape index (κ1) is 32.5. The van der Waals surface area contributed by atoms with Crippen LogP contribution in [0.5, 0.6) is 11.8 Å². The average molecular weight is 723 g/mol. The van der Waals surface area contributed by atoms with Gasteiger partial charge in [0.2, 0.25) is 5.91 Å². The number of nitrogens with zero attached hydrogens (tertiary/aromatic N) is 7. The second-order valence-corrected chi connectivity index (χ2v) is 15.3. The Morgan fingerprint density at radius 1 is 1.13 bits per heavy atom. The van der Waals surface area contributed by atoms with Crippen LogP contribution in [0.2, 0.25) is 0 Å². The molecule has 7 heterocycles. The van der Waals surface area contributed by atoms with Gasteiger partial charge in [-0.05, 0) is 61.4 Å². The molecule has 5 aliphatic heterocycles. The quantitative estimate of drug-likeness (QED) is 0.194. The third-order valence-electron chi connectivity index (χ3n) is 12.1. The molecule has 11 nitrogen and oxygen atoms in total. The number of carbonyl (C=O) groups is 1. The van der Waals surface area contributed by atoms with Crippen LogP contribution in [0.3, 0.4) is 0 Å². The number of phenols is 1. The molecule has 5 saturated heterocycles. The molecule has 5 aromatic rings. The number of terminal acetylenes is 1. The van der Waals surface area contributed by atoms with E-state index in [2.05, 4.69) is 21.0 Å². The molecule has 5 aliphatic rings. The Labute approximate surface area is 302 Å². The lowest BCUT2D eigenvalue weighted by Gasteiger charge is -2.42. The predicted octanol–water partition coefficient (Wildman–Crippen LogP) is 4.41.